The van der Waals surface area contributed by atoms with E-state index in [1.165, 1.54) is 25.2 Å². The van der Waals surface area contributed by atoms with Crippen LogP contribution in [0.4, 0.5) is 14.9 Å². The smallest absolute Gasteiger partial charge is 0.345 e. The normalized spacial score (nSPS) is 10.4. The molecular weight excluding hydrogens is 311 g/mol. The van der Waals surface area contributed by atoms with Crippen LogP contribution in [0, 0.1) is 26.6 Å². The summed E-state index contributed by atoms with van der Waals surface area (Å²) in [4.78, 5) is 11.6. The van der Waals surface area contributed by atoms with Gasteiger partial charge < -0.3 is 10.1 Å². The lowest BCUT2D eigenvalue weighted by molar-refractivity contribution is 0.205. The first-order valence-corrected chi connectivity index (χ1v) is 7.54. The number of urea groups is 1. The summed E-state index contributed by atoms with van der Waals surface area (Å²) in [7, 11) is 1.37. The molecule has 0 heterocycles. The molecule has 0 aromatic heterocycles. The van der Waals surface area contributed by atoms with Crippen LogP contribution >= 0.6 is 0 Å². The molecule has 24 heavy (non-hydrogen) atoms. The van der Waals surface area contributed by atoms with Crippen molar-refractivity contribution in [2.45, 2.75) is 27.4 Å². The number of hydrogen-bond acceptors (Lipinski definition) is 3. The SMILES string of the molecule is CNC(=O)N(O)c1cccc(F)c1COc1cc(C)c(C)cc1C. The third-order valence-electron chi connectivity index (χ3n) is 3.89. The standard InChI is InChI=1S/C18H21FN2O3/c1-11-8-13(3)17(9-12(11)2)24-10-14-15(19)6-5-7-16(14)21(23)18(22)20-4/h5-9,23H,10H2,1-4H3,(H,20,22). The van der Waals surface area contributed by atoms with E-state index in [9.17, 15) is 14.4 Å². The molecule has 0 unspecified atom stereocenters. The number of amides is 2. The number of rotatable bonds is 4. The number of nitrogens with zero attached hydrogens (tertiary/aromatic N) is 1. The fraction of sp³-hybridized carbons (Fsp3) is 0.278. The summed E-state index contributed by atoms with van der Waals surface area (Å²) >= 11 is 0. The Bertz CT molecular complexity index is 762. The Labute approximate surface area is 140 Å². The molecule has 0 saturated carbocycles. The van der Waals surface area contributed by atoms with Gasteiger partial charge in [0.25, 0.3) is 0 Å². The molecule has 2 aromatic rings. The molecule has 0 aliphatic heterocycles. The highest BCUT2D eigenvalue weighted by Gasteiger charge is 2.19. The monoisotopic (exact) mass is 332 g/mol. The van der Waals surface area contributed by atoms with Crippen molar-refractivity contribution >= 4 is 11.7 Å². The third kappa shape index (κ3) is 3.65. The lowest BCUT2D eigenvalue weighted by Gasteiger charge is -2.19. The Morgan fingerprint density at radius 2 is 1.88 bits per heavy atom. The second-order valence-corrected chi connectivity index (χ2v) is 5.60. The van der Waals surface area contributed by atoms with Gasteiger partial charge >= 0.3 is 6.03 Å². The highest BCUT2D eigenvalue weighted by atomic mass is 19.1. The van der Waals surface area contributed by atoms with Crippen LogP contribution in [0.2, 0.25) is 0 Å². The highest BCUT2D eigenvalue weighted by molar-refractivity contribution is 5.90. The van der Waals surface area contributed by atoms with Crippen LogP contribution in [0.3, 0.4) is 0 Å². The number of carbonyl (C=O) groups is 1. The molecule has 2 aromatic carbocycles. The van der Waals surface area contributed by atoms with Gasteiger partial charge in [-0.05, 0) is 55.7 Å². The molecule has 0 atom stereocenters. The minimum Gasteiger partial charge on any atom is -0.488 e. The van der Waals surface area contributed by atoms with Gasteiger partial charge in [-0.15, -0.1) is 0 Å². The number of ether oxygens (including phenoxy) is 1. The van der Waals surface area contributed by atoms with E-state index in [0.717, 1.165) is 16.7 Å². The summed E-state index contributed by atoms with van der Waals surface area (Å²) in [6, 6.07) is 7.25. The maximum Gasteiger partial charge on any atom is 0.345 e. The van der Waals surface area contributed by atoms with E-state index in [4.69, 9.17) is 4.74 Å². The summed E-state index contributed by atoms with van der Waals surface area (Å²) in [6.07, 6.45) is 0. The van der Waals surface area contributed by atoms with Crippen LogP contribution in [-0.4, -0.2) is 18.3 Å². The van der Waals surface area contributed by atoms with Gasteiger partial charge in [0, 0.05) is 7.05 Å². The van der Waals surface area contributed by atoms with Crippen molar-refractivity contribution in [1.29, 1.82) is 0 Å². The van der Waals surface area contributed by atoms with Crippen LogP contribution in [0.15, 0.2) is 30.3 Å². The molecule has 0 bridgehead atoms. The lowest BCUT2D eigenvalue weighted by atomic mass is 10.1. The fourth-order valence-corrected chi connectivity index (χ4v) is 2.34. The number of halogens is 1. The molecule has 0 spiro atoms. The molecule has 0 radical (unpaired) electrons. The van der Waals surface area contributed by atoms with E-state index >= 15 is 0 Å². The van der Waals surface area contributed by atoms with Gasteiger partial charge in [0.1, 0.15) is 18.2 Å². The predicted octanol–water partition coefficient (Wildman–Crippen LogP) is 3.86. The molecule has 2 rings (SSSR count). The maximum atomic E-state index is 14.2. The molecule has 5 nitrogen and oxygen atoms in total. The number of hydroxylamine groups is 1. The first-order valence-electron chi connectivity index (χ1n) is 7.54. The molecule has 0 fully saturated rings. The summed E-state index contributed by atoms with van der Waals surface area (Å²) in [5, 5.41) is 12.6. The Morgan fingerprint density at radius 3 is 2.54 bits per heavy atom. The van der Waals surface area contributed by atoms with Crippen molar-refractivity contribution in [3.05, 3.63) is 58.4 Å². The second kappa shape index (κ2) is 7.31. The van der Waals surface area contributed by atoms with Gasteiger partial charge in [-0.25, -0.2) is 9.18 Å². The molecule has 0 saturated heterocycles. The molecule has 2 amide bonds. The number of hydrogen-bond donors (Lipinski definition) is 2. The van der Waals surface area contributed by atoms with Crippen LogP contribution in [0.1, 0.15) is 22.3 Å². The average Bonchev–Trinajstić information content (AvgIpc) is 2.56. The van der Waals surface area contributed by atoms with Crippen LogP contribution in [-0.2, 0) is 6.61 Å². The summed E-state index contributed by atoms with van der Waals surface area (Å²) < 4.78 is 19.9. The quantitative estimate of drug-likeness (QED) is 0.660. The van der Waals surface area contributed by atoms with Gasteiger partial charge in [-0.1, -0.05) is 12.1 Å². The first-order chi connectivity index (χ1) is 11.3. The first kappa shape index (κ1) is 17.7. The summed E-state index contributed by atoms with van der Waals surface area (Å²) in [5.74, 6) is 0.0775. The zero-order valence-corrected chi connectivity index (χ0v) is 14.2. The van der Waals surface area contributed by atoms with Crippen LogP contribution < -0.4 is 15.1 Å². The van der Waals surface area contributed by atoms with Crippen LogP contribution in [0.25, 0.3) is 0 Å². The average molecular weight is 332 g/mol. The molecule has 128 valence electrons. The van der Waals surface area contributed by atoms with Crippen molar-refractivity contribution < 1.29 is 19.1 Å². The van der Waals surface area contributed by atoms with Gasteiger partial charge in [-0.3, -0.25) is 5.21 Å². The molecular formula is C18H21FN2O3. The van der Waals surface area contributed by atoms with Crippen molar-refractivity contribution in [3.8, 4) is 5.75 Å². The lowest BCUT2D eigenvalue weighted by Crippen LogP contribution is -2.36. The largest absolute Gasteiger partial charge is 0.488 e. The second-order valence-electron chi connectivity index (χ2n) is 5.60. The van der Waals surface area contributed by atoms with E-state index in [1.54, 1.807) is 0 Å². The predicted molar refractivity (Wildman–Crippen MR) is 90.1 cm³/mol. The fourth-order valence-electron chi connectivity index (χ4n) is 2.34. The van der Waals surface area contributed by atoms with Gasteiger partial charge in [0.15, 0.2) is 0 Å². The summed E-state index contributed by atoms with van der Waals surface area (Å²) in [6.45, 7) is 5.78. The summed E-state index contributed by atoms with van der Waals surface area (Å²) in [5.41, 5.74) is 3.28. The van der Waals surface area contributed by atoms with Crippen molar-refractivity contribution in [1.82, 2.24) is 5.32 Å². The van der Waals surface area contributed by atoms with Crippen molar-refractivity contribution in [2.75, 3.05) is 12.1 Å². The molecule has 0 aliphatic rings. The zero-order chi connectivity index (χ0) is 17.9. The Kier molecular flexibility index (Phi) is 5.41. The Morgan fingerprint density at radius 1 is 1.21 bits per heavy atom. The number of nitrogens with one attached hydrogen (secondary N) is 1. The zero-order valence-electron chi connectivity index (χ0n) is 14.2. The Balaban J connectivity index is 2.30. The molecule has 2 N–H and O–H groups in total. The number of aryl methyl sites for hydroxylation is 3. The minimum absolute atomic E-state index is 0.0378. The minimum atomic E-state index is -0.760. The third-order valence-corrected chi connectivity index (χ3v) is 3.89. The van der Waals surface area contributed by atoms with Gasteiger partial charge in [-0.2, -0.15) is 5.06 Å². The van der Waals surface area contributed by atoms with E-state index in [0.29, 0.717) is 10.8 Å². The number of anilines is 1. The van der Waals surface area contributed by atoms with E-state index < -0.39 is 11.8 Å². The maximum absolute atomic E-state index is 14.2. The van der Waals surface area contributed by atoms with E-state index in [1.807, 2.05) is 32.9 Å². The Hall–Kier alpha value is -2.60. The van der Waals surface area contributed by atoms with Crippen LogP contribution in [0.5, 0.6) is 5.75 Å². The van der Waals surface area contributed by atoms with E-state index in [2.05, 4.69) is 5.32 Å². The van der Waals surface area contributed by atoms with E-state index in [-0.39, 0.29) is 17.9 Å². The number of carbonyl (C=O) groups excluding carboxylic acids is 1. The van der Waals surface area contributed by atoms with Gasteiger partial charge in [0.05, 0.1) is 11.3 Å². The molecule has 0 aliphatic carbocycles. The van der Waals surface area contributed by atoms with Gasteiger partial charge in [0.2, 0.25) is 0 Å². The van der Waals surface area contributed by atoms with Crippen molar-refractivity contribution in [2.24, 2.45) is 0 Å². The van der Waals surface area contributed by atoms with Crippen molar-refractivity contribution in [3.63, 3.8) is 0 Å². The highest BCUT2D eigenvalue weighted by Crippen LogP contribution is 2.27. The number of benzene rings is 2. The topological polar surface area (TPSA) is 61.8 Å². The molecule has 6 heteroatoms.